The van der Waals surface area contributed by atoms with Crippen LogP contribution in [0.3, 0.4) is 0 Å². The molecule has 0 radical (unpaired) electrons. The van der Waals surface area contributed by atoms with Gasteiger partial charge in [-0.25, -0.2) is 9.97 Å². The molecule has 7 nitrogen and oxygen atoms in total. The Balaban J connectivity index is 1.79. The van der Waals surface area contributed by atoms with E-state index in [0.29, 0.717) is 16.7 Å². The van der Waals surface area contributed by atoms with Crippen LogP contribution in [0.5, 0.6) is 0 Å². The number of nitro benzene ring substituents is 1. The van der Waals surface area contributed by atoms with Crippen molar-refractivity contribution >= 4 is 28.7 Å². The van der Waals surface area contributed by atoms with Crippen LogP contribution in [0, 0.1) is 10.1 Å². The van der Waals surface area contributed by atoms with Gasteiger partial charge in [0.15, 0.2) is 11.5 Å². The number of pyridine rings is 1. The second-order valence-electron chi connectivity index (χ2n) is 4.51. The van der Waals surface area contributed by atoms with Gasteiger partial charge in [0, 0.05) is 18.3 Å². The molecule has 1 aromatic carbocycles. The lowest BCUT2D eigenvalue weighted by atomic mass is 10.2. The Bertz CT molecular complexity index is 848. The van der Waals surface area contributed by atoms with Gasteiger partial charge in [0.1, 0.15) is 0 Å². The highest BCUT2D eigenvalue weighted by Gasteiger charge is 2.09. The maximum absolute atomic E-state index is 12.0. The molecule has 0 bridgehead atoms. The van der Waals surface area contributed by atoms with Crippen molar-refractivity contribution in [2.45, 2.75) is 0 Å². The number of hydrogen-bond donors (Lipinski definition) is 1. The molecule has 0 amide bonds. The molecule has 0 aliphatic heterocycles. The van der Waals surface area contributed by atoms with Crippen LogP contribution in [0.1, 0.15) is 16.2 Å². The SMILES string of the molecule is O=C(/C=C/c1ccc([N+](=O)[O-])cc1)c1nc2ncccc2[nH]1. The van der Waals surface area contributed by atoms with Gasteiger partial charge in [-0.3, -0.25) is 14.9 Å². The molecule has 7 heteroatoms. The average Bonchev–Trinajstić information content (AvgIpc) is 2.97. The number of benzene rings is 1. The van der Waals surface area contributed by atoms with E-state index in [-0.39, 0.29) is 17.3 Å². The van der Waals surface area contributed by atoms with Crippen LogP contribution >= 0.6 is 0 Å². The van der Waals surface area contributed by atoms with Crippen molar-refractivity contribution in [3.05, 3.63) is 70.2 Å². The third-order valence-corrected chi connectivity index (χ3v) is 3.02. The fourth-order valence-electron chi connectivity index (χ4n) is 1.92. The number of allylic oxidation sites excluding steroid dienone is 1. The summed E-state index contributed by atoms with van der Waals surface area (Å²) in [6.45, 7) is 0. The van der Waals surface area contributed by atoms with Crippen LogP contribution in [0.2, 0.25) is 0 Å². The van der Waals surface area contributed by atoms with E-state index in [2.05, 4.69) is 15.0 Å². The minimum absolute atomic E-state index is 0.00633. The zero-order valence-electron chi connectivity index (χ0n) is 11.3. The standard InChI is InChI=1S/C15H10N4O3/c20-13(15-17-12-2-1-9-16-14(12)18-15)8-5-10-3-6-11(7-4-10)19(21)22/h1-9H,(H,16,17,18)/b8-5+. The summed E-state index contributed by atoms with van der Waals surface area (Å²) in [5.41, 5.74) is 1.86. The summed E-state index contributed by atoms with van der Waals surface area (Å²) in [6, 6.07) is 9.45. The Morgan fingerprint density at radius 1 is 1.23 bits per heavy atom. The van der Waals surface area contributed by atoms with E-state index >= 15 is 0 Å². The predicted molar refractivity (Wildman–Crippen MR) is 80.3 cm³/mol. The lowest BCUT2D eigenvalue weighted by Gasteiger charge is -1.93. The molecule has 0 spiro atoms. The lowest BCUT2D eigenvalue weighted by molar-refractivity contribution is -0.384. The number of nitro groups is 1. The quantitative estimate of drug-likeness (QED) is 0.345. The third kappa shape index (κ3) is 2.73. The molecule has 108 valence electrons. The van der Waals surface area contributed by atoms with Gasteiger partial charge in [0.05, 0.1) is 10.4 Å². The number of nitrogens with zero attached hydrogens (tertiary/aromatic N) is 3. The fourth-order valence-corrected chi connectivity index (χ4v) is 1.92. The second kappa shape index (κ2) is 5.57. The summed E-state index contributed by atoms with van der Waals surface area (Å²) in [7, 11) is 0. The first-order valence-electron chi connectivity index (χ1n) is 6.41. The monoisotopic (exact) mass is 294 g/mol. The van der Waals surface area contributed by atoms with Gasteiger partial charge in [-0.1, -0.05) is 6.08 Å². The normalized spacial score (nSPS) is 11.1. The minimum Gasteiger partial charge on any atom is -0.334 e. The number of carbonyl (C=O) groups is 1. The summed E-state index contributed by atoms with van der Waals surface area (Å²) < 4.78 is 0. The van der Waals surface area contributed by atoms with Gasteiger partial charge in [-0.15, -0.1) is 0 Å². The Kier molecular flexibility index (Phi) is 3.45. The van der Waals surface area contributed by atoms with Crippen LogP contribution in [-0.4, -0.2) is 25.7 Å². The van der Waals surface area contributed by atoms with Crippen molar-refractivity contribution in [3.63, 3.8) is 0 Å². The van der Waals surface area contributed by atoms with E-state index in [1.54, 1.807) is 36.5 Å². The largest absolute Gasteiger partial charge is 0.334 e. The van der Waals surface area contributed by atoms with Gasteiger partial charge in [-0.2, -0.15) is 0 Å². The molecule has 0 aliphatic carbocycles. The number of rotatable bonds is 4. The molecule has 0 saturated carbocycles. The van der Waals surface area contributed by atoms with Crippen molar-refractivity contribution in [1.82, 2.24) is 15.0 Å². The Morgan fingerprint density at radius 2 is 2.00 bits per heavy atom. The molecule has 0 unspecified atom stereocenters. The van der Waals surface area contributed by atoms with Gasteiger partial charge >= 0.3 is 0 Å². The number of non-ortho nitro benzene ring substituents is 1. The molecule has 0 atom stereocenters. The number of ketones is 1. The number of aromatic amines is 1. The Morgan fingerprint density at radius 3 is 2.68 bits per heavy atom. The highest BCUT2D eigenvalue weighted by atomic mass is 16.6. The molecular formula is C15H10N4O3. The maximum atomic E-state index is 12.0. The van der Waals surface area contributed by atoms with Crippen LogP contribution < -0.4 is 0 Å². The predicted octanol–water partition coefficient (Wildman–Crippen LogP) is 2.76. The first-order valence-corrected chi connectivity index (χ1v) is 6.41. The Hall–Kier alpha value is -3.35. The number of aromatic nitrogens is 3. The molecule has 0 fully saturated rings. The maximum Gasteiger partial charge on any atom is 0.269 e. The van der Waals surface area contributed by atoms with Gasteiger partial charge < -0.3 is 4.98 Å². The van der Waals surface area contributed by atoms with E-state index in [1.165, 1.54) is 18.2 Å². The van der Waals surface area contributed by atoms with Crippen molar-refractivity contribution < 1.29 is 9.72 Å². The molecular weight excluding hydrogens is 284 g/mol. The minimum atomic E-state index is -0.472. The van der Waals surface area contributed by atoms with Crippen molar-refractivity contribution in [2.75, 3.05) is 0 Å². The molecule has 22 heavy (non-hydrogen) atoms. The second-order valence-corrected chi connectivity index (χ2v) is 4.51. The summed E-state index contributed by atoms with van der Waals surface area (Å²) >= 11 is 0. The van der Waals surface area contributed by atoms with Gasteiger partial charge in [-0.05, 0) is 35.9 Å². The van der Waals surface area contributed by atoms with E-state index in [9.17, 15) is 14.9 Å². The first kappa shape index (κ1) is 13.6. The van der Waals surface area contributed by atoms with Crippen LogP contribution in [0.15, 0.2) is 48.7 Å². The molecule has 2 aromatic heterocycles. The third-order valence-electron chi connectivity index (χ3n) is 3.02. The van der Waals surface area contributed by atoms with Crippen molar-refractivity contribution in [2.24, 2.45) is 0 Å². The number of H-pyrrole nitrogens is 1. The van der Waals surface area contributed by atoms with E-state index in [4.69, 9.17) is 0 Å². The van der Waals surface area contributed by atoms with Crippen LogP contribution in [0.4, 0.5) is 5.69 Å². The molecule has 3 rings (SSSR count). The lowest BCUT2D eigenvalue weighted by Crippen LogP contribution is -1.96. The van der Waals surface area contributed by atoms with Crippen molar-refractivity contribution in [1.29, 1.82) is 0 Å². The van der Waals surface area contributed by atoms with Crippen molar-refractivity contribution in [3.8, 4) is 0 Å². The average molecular weight is 294 g/mol. The van der Waals surface area contributed by atoms with Gasteiger partial charge in [0.2, 0.25) is 5.78 Å². The summed E-state index contributed by atoms with van der Waals surface area (Å²) in [6.07, 6.45) is 4.54. The molecule has 0 saturated heterocycles. The van der Waals surface area contributed by atoms with Crippen LogP contribution in [-0.2, 0) is 0 Å². The Labute approximate surface area is 124 Å². The van der Waals surface area contributed by atoms with Crippen LogP contribution in [0.25, 0.3) is 17.2 Å². The number of nitrogens with one attached hydrogen (secondary N) is 1. The van der Waals surface area contributed by atoms with E-state index < -0.39 is 4.92 Å². The van der Waals surface area contributed by atoms with E-state index in [0.717, 1.165) is 0 Å². The molecule has 0 aliphatic rings. The molecule has 2 heterocycles. The zero-order chi connectivity index (χ0) is 15.5. The summed E-state index contributed by atoms with van der Waals surface area (Å²) in [4.78, 5) is 33.2. The van der Waals surface area contributed by atoms with Gasteiger partial charge in [0.25, 0.3) is 5.69 Å². The number of imidazole rings is 1. The topological polar surface area (TPSA) is 102 Å². The highest BCUT2D eigenvalue weighted by Crippen LogP contribution is 2.13. The fraction of sp³-hybridized carbons (Fsp3) is 0. The molecule has 1 N–H and O–H groups in total. The number of carbonyl (C=O) groups excluding carboxylic acids is 1. The summed E-state index contributed by atoms with van der Waals surface area (Å²) in [5, 5.41) is 10.6. The zero-order valence-corrected chi connectivity index (χ0v) is 11.3. The number of hydrogen-bond acceptors (Lipinski definition) is 5. The number of fused-ring (bicyclic) bond motifs is 1. The molecule has 3 aromatic rings. The highest BCUT2D eigenvalue weighted by molar-refractivity contribution is 6.05. The van der Waals surface area contributed by atoms with E-state index in [1.807, 2.05) is 0 Å². The smallest absolute Gasteiger partial charge is 0.269 e. The summed E-state index contributed by atoms with van der Waals surface area (Å²) in [5.74, 6) is -0.0942. The first-order chi connectivity index (χ1) is 10.6.